The number of fused-ring (bicyclic) bond motifs is 1. The van der Waals surface area contributed by atoms with Crippen LogP contribution >= 0.6 is 0 Å². The van der Waals surface area contributed by atoms with Crippen molar-refractivity contribution in [2.24, 2.45) is 0 Å². The van der Waals surface area contributed by atoms with E-state index >= 15 is 0 Å². The highest BCUT2D eigenvalue weighted by Gasteiger charge is 2.27. The number of para-hydroxylation sites is 1. The molecule has 21 heavy (non-hydrogen) atoms. The summed E-state index contributed by atoms with van der Waals surface area (Å²) in [6, 6.07) is 9.42. The fourth-order valence-electron chi connectivity index (χ4n) is 2.79. The number of aromatic nitrogens is 2. The van der Waals surface area contributed by atoms with Crippen molar-refractivity contribution in [1.29, 1.82) is 0 Å². The Kier molecular flexibility index (Phi) is 3.88. The van der Waals surface area contributed by atoms with Crippen molar-refractivity contribution < 1.29 is 0 Å². The fourth-order valence-corrected chi connectivity index (χ4v) is 2.79. The van der Waals surface area contributed by atoms with Crippen LogP contribution in [-0.4, -0.2) is 22.1 Å². The lowest BCUT2D eigenvalue weighted by atomic mass is 10.1. The Bertz CT molecular complexity index is 606. The summed E-state index contributed by atoms with van der Waals surface area (Å²) in [4.78, 5) is 11.4. The molecule has 3 rings (SSSR count). The molecule has 110 valence electrons. The van der Waals surface area contributed by atoms with E-state index in [0.29, 0.717) is 12.1 Å². The monoisotopic (exact) mass is 282 g/mol. The minimum absolute atomic E-state index is 0.427. The smallest absolute Gasteiger partial charge is 0.151 e. The predicted molar refractivity (Wildman–Crippen MR) is 85.8 cm³/mol. The van der Waals surface area contributed by atoms with Crippen molar-refractivity contribution >= 4 is 11.5 Å². The molecule has 0 amide bonds. The van der Waals surface area contributed by atoms with E-state index in [-0.39, 0.29) is 0 Å². The quantitative estimate of drug-likeness (QED) is 0.935. The van der Waals surface area contributed by atoms with Gasteiger partial charge in [0.25, 0.3) is 0 Å². The van der Waals surface area contributed by atoms with Crippen LogP contribution in [0.3, 0.4) is 0 Å². The molecular weight excluding hydrogens is 260 g/mol. The first kappa shape index (κ1) is 14.0. The van der Waals surface area contributed by atoms with Crippen molar-refractivity contribution in [1.82, 2.24) is 15.3 Å². The molecule has 0 aliphatic carbocycles. The van der Waals surface area contributed by atoms with Gasteiger partial charge in [0.1, 0.15) is 0 Å². The van der Waals surface area contributed by atoms with Crippen LogP contribution in [0.5, 0.6) is 0 Å². The zero-order valence-electron chi connectivity index (χ0n) is 12.9. The maximum atomic E-state index is 4.61. The van der Waals surface area contributed by atoms with Gasteiger partial charge in [0.2, 0.25) is 0 Å². The van der Waals surface area contributed by atoms with Gasteiger partial charge in [-0.15, -0.1) is 0 Å². The van der Waals surface area contributed by atoms with Crippen LogP contribution < -0.4 is 10.2 Å². The van der Waals surface area contributed by atoms with Gasteiger partial charge in [-0.2, -0.15) is 0 Å². The van der Waals surface area contributed by atoms with Gasteiger partial charge in [-0.1, -0.05) is 32.0 Å². The molecule has 0 saturated heterocycles. The molecule has 1 aliphatic heterocycles. The number of nitrogens with zero attached hydrogens (tertiary/aromatic N) is 3. The number of anilines is 2. The van der Waals surface area contributed by atoms with Crippen molar-refractivity contribution in [3.63, 3.8) is 0 Å². The fraction of sp³-hybridized carbons (Fsp3) is 0.412. The second kappa shape index (κ2) is 5.82. The van der Waals surface area contributed by atoms with Gasteiger partial charge < -0.3 is 10.2 Å². The Balaban J connectivity index is 1.81. The molecule has 0 radical (unpaired) electrons. The molecule has 0 fully saturated rings. The first-order valence-electron chi connectivity index (χ1n) is 7.56. The summed E-state index contributed by atoms with van der Waals surface area (Å²) in [5.41, 5.74) is 3.62. The van der Waals surface area contributed by atoms with E-state index in [9.17, 15) is 0 Å². The van der Waals surface area contributed by atoms with Crippen molar-refractivity contribution in [2.75, 3.05) is 4.90 Å². The largest absolute Gasteiger partial charge is 0.322 e. The Morgan fingerprint density at radius 3 is 2.76 bits per heavy atom. The van der Waals surface area contributed by atoms with Crippen LogP contribution in [-0.2, 0) is 13.0 Å². The molecule has 2 heterocycles. The Hall–Kier alpha value is -1.94. The first-order chi connectivity index (χ1) is 10.1. The zero-order chi connectivity index (χ0) is 14.8. The summed E-state index contributed by atoms with van der Waals surface area (Å²) in [5.74, 6) is 0.931. The summed E-state index contributed by atoms with van der Waals surface area (Å²) >= 11 is 0. The van der Waals surface area contributed by atoms with Gasteiger partial charge in [0.05, 0.1) is 18.1 Å². The average molecular weight is 282 g/mol. The molecule has 2 aromatic rings. The molecule has 1 unspecified atom stereocenters. The Morgan fingerprint density at radius 2 is 2.05 bits per heavy atom. The number of nitrogens with one attached hydrogen (secondary N) is 1. The highest BCUT2D eigenvalue weighted by Crippen LogP contribution is 2.36. The van der Waals surface area contributed by atoms with Crippen LogP contribution in [0.1, 0.15) is 32.0 Å². The Morgan fingerprint density at radius 1 is 1.24 bits per heavy atom. The molecule has 1 atom stereocenters. The van der Waals surface area contributed by atoms with Crippen molar-refractivity contribution in [3.05, 3.63) is 47.9 Å². The molecule has 1 N–H and O–H groups in total. The summed E-state index contributed by atoms with van der Waals surface area (Å²) in [6.07, 6.45) is 4.82. The van der Waals surface area contributed by atoms with Gasteiger partial charge >= 0.3 is 0 Å². The van der Waals surface area contributed by atoms with E-state index in [1.54, 1.807) is 0 Å². The molecule has 4 heteroatoms. The molecule has 1 aromatic heterocycles. The number of benzene rings is 1. The van der Waals surface area contributed by atoms with Crippen molar-refractivity contribution in [3.8, 4) is 0 Å². The van der Waals surface area contributed by atoms with Crippen LogP contribution in [0.15, 0.2) is 36.7 Å². The zero-order valence-corrected chi connectivity index (χ0v) is 12.9. The maximum Gasteiger partial charge on any atom is 0.151 e. The van der Waals surface area contributed by atoms with Crippen LogP contribution in [0.25, 0.3) is 0 Å². The maximum absolute atomic E-state index is 4.61. The second-order valence-electron chi connectivity index (χ2n) is 5.95. The molecule has 1 aliphatic rings. The van der Waals surface area contributed by atoms with Gasteiger partial charge in [-0.05, 0) is 25.0 Å². The molecule has 4 nitrogen and oxygen atoms in total. The molecule has 1 aromatic carbocycles. The lowest BCUT2D eigenvalue weighted by Crippen LogP contribution is -2.26. The minimum atomic E-state index is 0.427. The van der Waals surface area contributed by atoms with E-state index in [1.807, 2.05) is 12.4 Å². The third-order valence-corrected chi connectivity index (χ3v) is 3.84. The summed E-state index contributed by atoms with van der Waals surface area (Å²) in [7, 11) is 0. The third-order valence-electron chi connectivity index (χ3n) is 3.84. The van der Waals surface area contributed by atoms with Crippen molar-refractivity contribution in [2.45, 2.75) is 45.8 Å². The summed E-state index contributed by atoms with van der Waals surface area (Å²) in [6.45, 7) is 7.25. The van der Waals surface area contributed by atoms with Crippen LogP contribution in [0.2, 0.25) is 0 Å². The van der Waals surface area contributed by atoms with E-state index in [4.69, 9.17) is 0 Å². The van der Waals surface area contributed by atoms with E-state index in [0.717, 1.165) is 24.5 Å². The van der Waals surface area contributed by atoms with Gasteiger partial charge in [0, 0.05) is 24.3 Å². The van der Waals surface area contributed by atoms with Gasteiger partial charge in [-0.3, -0.25) is 4.98 Å². The molecule has 0 bridgehead atoms. The highest BCUT2D eigenvalue weighted by atomic mass is 15.2. The van der Waals surface area contributed by atoms with E-state index in [2.05, 4.69) is 65.2 Å². The second-order valence-corrected chi connectivity index (χ2v) is 5.95. The summed E-state index contributed by atoms with van der Waals surface area (Å²) in [5, 5.41) is 3.36. The van der Waals surface area contributed by atoms with E-state index < -0.39 is 0 Å². The van der Waals surface area contributed by atoms with Crippen LogP contribution in [0, 0.1) is 0 Å². The topological polar surface area (TPSA) is 41.1 Å². The summed E-state index contributed by atoms with van der Waals surface area (Å²) < 4.78 is 0. The number of rotatable bonds is 4. The molecular formula is C17H22N4. The Labute approximate surface area is 126 Å². The van der Waals surface area contributed by atoms with Gasteiger partial charge in [0.15, 0.2) is 5.82 Å². The number of hydrogen-bond acceptors (Lipinski definition) is 4. The first-order valence-corrected chi connectivity index (χ1v) is 7.56. The standard InChI is InChI=1S/C17H22N4/c1-12(2)18-9-15-10-20-17(11-19-15)21-13(3)8-14-6-4-5-7-16(14)21/h4-7,10-13,18H,8-9H2,1-3H3. The predicted octanol–water partition coefficient (Wildman–Crippen LogP) is 3.06. The molecule has 0 saturated carbocycles. The van der Waals surface area contributed by atoms with Crippen LogP contribution in [0.4, 0.5) is 11.5 Å². The normalized spacial score (nSPS) is 17.3. The third kappa shape index (κ3) is 2.90. The highest BCUT2D eigenvalue weighted by molar-refractivity contribution is 5.68. The minimum Gasteiger partial charge on any atom is -0.322 e. The van der Waals surface area contributed by atoms with E-state index in [1.165, 1.54) is 11.3 Å². The lowest BCUT2D eigenvalue weighted by molar-refractivity contribution is 0.580. The average Bonchev–Trinajstić information content (AvgIpc) is 2.81. The van der Waals surface area contributed by atoms with Gasteiger partial charge in [-0.25, -0.2) is 4.98 Å². The SMILES string of the molecule is CC(C)NCc1cnc(N2c3ccccc3CC2C)cn1. The molecule has 0 spiro atoms. The lowest BCUT2D eigenvalue weighted by Gasteiger charge is -2.23. The number of hydrogen-bond donors (Lipinski definition) is 1.